The average molecular weight is 460 g/mol. The molecule has 1 amide bonds. The molecule has 4 rings (SSSR count). The van der Waals surface area contributed by atoms with E-state index in [1.807, 2.05) is 27.0 Å². The van der Waals surface area contributed by atoms with Gasteiger partial charge in [-0.1, -0.05) is 13.8 Å². The van der Waals surface area contributed by atoms with Crippen molar-refractivity contribution in [2.75, 3.05) is 36.9 Å². The molecular weight excluding hydrogens is 422 g/mol. The second-order valence-electron chi connectivity index (χ2n) is 10.3. The number of nitrogens with one attached hydrogen (secondary N) is 2. The van der Waals surface area contributed by atoms with Crippen LogP contribution in [-0.2, 0) is 9.47 Å². The number of fused-ring (bicyclic) bond motifs is 1. The molecular formula is C23H37N7O3. The predicted octanol–water partition coefficient (Wildman–Crippen LogP) is 3.65. The zero-order valence-corrected chi connectivity index (χ0v) is 20.4. The van der Waals surface area contributed by atoms with Crippen molar-refractivity contribution < 1.29 is 14.3 Å². The molecule has 0 radical (unpaired) electrons. The van der Waals surface area contributed by atoms with Gasteiger partial charge in [-0.05, 0) is 52.4 Å². The molecule has 10 nitrogen and oxygen atoms in total. The molecule has 182 valence electrons. The Hall–Kier alpha value is -2.62. The van der Waals surface area contributed by atoms with E-state index in [-0.39, 0.29) is 12.1 Å². The van der Waals surface area contributed by atoms with Crippen LogP contribution in [0.4, 0.5) is 16.7 Å². The van der Waals surface area contributed by atoms with Crippen LogP contribution in [0.2, 0.25) is 0 Å². The minimum atomic E-state index is -0.485. The van der Waals surface area contributed by atoms with Crippen LogP contribution in [0.3, 0.4) is 0 Å². The molecule has 2 aliphatic heterocycles. The van der Waals surface area contributed by atoms with Gasteiger partial charge in [0, 0.05) is 44.0 Å². The van der Waals surface area contributed by atoms with Gasteiger partial charge in [0.1, 0.15) is 5.60 Å². The van der Waals surface area contributed by atoms with Gasteiger partial charge in [-0.15, -0.1) is 0 Å². The van der Waals surface area contributed by atoms with E-state index in [4.69, 9.17) is 19.4 Å². The van der Waals surface area contributed by atoms with E-state index >= 15 is 0 Å². The molecule has 2 aliphatic rings. The molecule has 0 aliphatic carbocycles. The van der Waals surface area contributed by atoms with Gasteiger partial charge in [0.25, 0.3) is 0 Å². The SMILES string of the molecule is CC(C)c1cnn2c(NC3CCN(C(=O)OC(C)(C)C)CC3)nc(NC3CCOCC3)nc12. The summed E-state index contributed by atoms with van der Waals surface area (Å²) in [7, 11) is 0. The Kier molecular flexibility index (Phi) is 6.92. The van der Waals surface area contributed by atoms with Crippen molar-refractivity contribution in [2.24, 2.45) is 0 Å². The lowest BCUT2D eigenvalue weighted by molar-refractivity contribution is 0.0210. The lowest BCUT2D eigenvalue weighted by Crippen LogP contribution is -2.44. The van der Waals surface area contributed by atoms with Crippen molar-refractivity contribution >= 4 is 23.6 Å². The van der Waals surface area contributed by atoms with Crippen LogP contribution in [0.1, 0.15) is 71.8 Å². The molecule has 2 saturated heterocycles. The van der Waals surface area contributed by atoms with Gasteiger partial charge in [-0.25, -0.2) is 4.79 Å². The maximum atomic E-state index is 12.4. The van der Waals surface area contributed by atoms with Gasteiger partial charge in [-0.3, -0.25) is 0 Å². The van der Waals surface area contributed by atoms with Crippen molar-refractivity contribution in [1.82, 2.24) is 24.5 Å². The molecule has 0 bridgehead atoms. The van der Waals surface area contributed by atoms with Gasteiger partial charge >= 0.3 is 6.09 Å². The first-order chi connectivity index (χ1) is 15.7. The number of hydrogen-bond acceptors (Lipinski definition) is 8. The molecule has 2 aromatic rings. The van der Waals surface area contributed by atoms with E-state index in [1.54, 1.807) is 9.42 Å². The number of aromatic nitrogens is 4. The summed E-state index contributed by atoms with van der Waals surface area (Å²) in [5.74, 6) is 1.60. The highest BCUT2D eigenvalue weighted by Gasteiger charge is 2.28. The number of amides is 1. The van der Waals surface area contributed by atoms with E-state index in [0.29, 0.717) is 36.9 Å². The molecule has 0 aromatic carbocycles. The fraction of sp³-hybridized carbons (Fsp3) is 0.739. The standard InChI is InChI=1S/C23H37N7O3/c1-15(2)18-14-24-30-19(18)27-20(25-17-8-12-32-13-9-17)28-21(30)26-16-6-10-29(11-7-16)22(31)33-23(3,4)5/h14-17H,6-13H2,1-5H3,(H2,25,26,27,28). The first kappa shape index (κ1) is 23.5. The first-order valence-electron chi connectivity index (χ1n) is 12.0. The number of rotatable bonds is 5. The maximum Gasteiger partial charge on any atom is 0.410 e. The summed E-state index contributed by atoms with van der Waals surface area (Å²) >= 11 is 0. The molecule has 2 aromatic heterocycles. The average Bonchev–Trinajstić information content (AvgIpc) is 3.18. The second-order valence-corrected chi connectivity index (χ2v) is 10.3. The Balaban J connectivity index is 1.49. The van der Waals surface area contributed by atoms with Crippen LogP contribution in [0.25, 0.3) is 5.65 Å². The predicted molar refractivity (Wildman–Crippen MR) is 127 cm³/mol. The number of ether oxygens (including phenoxy) is 2. The summed E-state index contributed by atoms with van der Waals surface area (Å²) in [5, 5.41) is 11.6. The number of anilines is 2. The molecule has 4 heterocycles. The third kappa shape index (κ3) is 5.85. The summed E-state index contributed by atoms with van der Waals surface area (Å²) in [6, 6.07) is 0.487. The quantitative estimate of drug-likeness (QED) is 0.698. The second kappa shape index (κ2) is 9.70. The maximum absolute atomic E-state index is 12.4. The summed E-state index contributed by atoms with van der Waals surface area (Å²) in [6.45, 7) is 12.8. The lowest BCUT2D eigenvalue weighted by atomic mass is 10.1. The topological polar surface area (TPSA) is 106 Å². The molecule has 2 N–H and O–H groups in total. The van der Waals surface area contributed by atoms with Gasteiger partial charge in [-0.2, -0.15) is 19.6 Å². The monoisotopic (exact) mass is 459 g/mol. The summed E-state index contributed by atoms with van der Waals surface area (Å²) in [5.41, 5.74) is 1.43. The van der Waals surface area contributed by atoms with Crippen LogP contribution in [0.15, 0.2) is 6.20 Å². The van der Waals surface area contributed by atoms with E-state index < -0.39 is 5.60 Å². The number of hydrogen-bond donors (Lipinski definition) is 2. The van der Waals surface area contributed by atoms with Crippen LogP contribution < -0.4 is 10.6 Å². The van der Waals surface area contributed by atoms with Gasteiger partial charge in [0.2, 0.25) is 11.9 Å². The number of likely N-dealkylation sites (tertiary alicyclic amines) is 1. The minimum absolute atomic E-state index is 0.185. The first-order valence-corrected chi connectivity index (χ1v) is 12.0. The van der Waals surface area contributed by atoms with Crippen LogP contribution >= 0.6 is 0 Å². The molecule has 10 heteroatoms. The van der Waals surface area contributed by atoms with Crippen LogP contribution in [0.5, 0.6) is 0 Å². The molecule has 0 unspecified atom stereocenters. The van der Waals surface area contributed by atoms with Crippen LogP contribution in [0, 0.1) is 0 Å². The highest BCUT2D eigenvalue weighted by atomic mass is 16.6. The summed E-state index contributed by atoms with van der Waals surface area (Å²) in [4.78, 5) is 23.8. The Morgan fingerprint density at radius 2 is 1.76 bits per heavy atom. The van der Waals surface area contributed by atoms with Crippen molar-refractivity contribution in [2.45, 2.75) is 83.9 Å². The Morgan fingerprint density at radius 3 is 2.39 bits per heavy atom. The minimum Gasteiger partial charge on any atom is -0.444 e. The zero-order valence-electron chi connectivity index (χ0n) is 20.4. The fourth-order valence-electron chi connectivity index (χ4n) is 4.20. The van der Waals surface area contributed by atoms with E-state index in [1.165, 1.54) is 0 Å². The van der Waals surface area contributed by atoms with E-state index in [2.05, 4.69) is 29.6 Å². The summed E-state index contributed by atoms with van der Waals surface area (Å²) in [6.07, 6.45) is 5.13. The number of piperidine rings is 1. The molecule has 0 atom stereocenters. The van der Waals surface area contributed by atoms with Gasteiger partial charge in [0.05, 0.1) is 6.20 Å². The Bertz CT molecular complexity index is 955. The van der Waals surface area contributed by atoms with Gasteiger partial charge in [0.15, 0.2) is 5.65 Å². The smallest absolute Gasteiger partial charge is 0.410 e. The van der Waals surface area contributed by atoms with Crippen molar-refractivity contribution in [3.05, 3.63) is 11.8 Å². The number of carbonyl (C=O) groups is 1. The van der Waals surface area contributed by atoms with Crippen molar-refractivity contribution in [3.63, 3.8) is 0 Å². The fourth-order valence-corrected chi connectivity index (χ4v) is 4.20. The highest BCUT2D eigenvalue weighted by molar-refractivity contribution is 5.68. The van der Waals surface area contributed by atoms with Crippen LogP contribution in [-0.4, -0.2) is 74.6 Å². The summed E-state index contributed by atoms with van der Waals surface area (Å²) < 4.78 is 12.8. The third-order valence-electron chi connectivity index (χ3n) is 6.05. The third-order valence-corrected chi connectivity index (χ3v) is 6.05. The van der Waals surface area contributed by atoms with Crippen molar-refractivity contribution in [3.8, 4) is 0 Å². The van der Waals surface area contributed by atoms with Crippen molar-refractivity contribution in [1.29, 1.82) is 0 Å². The highest BCUT2D eigenvalue weighted by Crippen LogP contribution is 2.25. The lowest BCUT2D eigenvalue weighted by Gasteiger charge is -2.33. The molecule has 0 spiro atoms. The Morgan fingerprint density at radius 1 is 1.09 bits per heavy atom. The van der Waals surface area contributed by atoms with E-state index in [0.717, 1.165) is 50.1 Å². The Labute approximate surface area is 195 Å². The normalized spacial score (nSPS) is 18.7. The largest absolute Gasteiger partial charge is 0.444 e. The molecule has 0 saturated carbocycles. The molecule has 2 fully saturated rings. The van der Waals surface area contributed by atoms with E-state index in [9.17, 15) is 4.79 Å². The molecule has 33 heavy (non-hydrogen) atoms. The van der Waals surface area contributed by atoms with Gasteiger partial charge < -0.3 is 25.0 Å². The number of carbonyl (C=O) groups excluding carboxylic acids is 1. The number of nitrogens with zero attached hydrogens (tertiary/aromatic N) is 5. The zero-order chi connectivity index (χ0) is 23.6.